The molecule has 0 amide bonds. The summed E-state index contributed by atoms with van der Waals surface area (Å²) < 4.78 is 18.2. The van der Waals surface area contributed by atoms with Crippen LogP contribution in [0.25, 0.3) is 33.8 Å². The van der Waals surface area contributed by atoms with Crippen LogP contribution < -0.4 is 16.7 Å². The molecule has 0 aliphatic carbocycles. The molecule has 0 spiro atoms. The summed E-state index contributed by atoms with van der Waals surface area (Å²) in [6.07, 6.45) is 12.5. The zero-order valence-corrected chi connectivity index (χ0v) is 45.6. The first kappa shape index (κ1) is 52.1. The fourth-order valence-electron chi connectivity index (χ4n) is 9.07. The Bertz CT molecular complexity index is 3030. The summed E-state index contributed by atoms with van der Waals surface area (Å²) in [5.41, 5.74) is 9.21. The molecule has 0 radical (unpaired) electrons. The molecule has 3 aromatic carbocycles. The molecule has 1 atom stereocenters. The van der Waals surface area contributed by atoms with Crippen LogP contribution in [-0.4, -0.2) is 45.4 Å². The Morgan fingerprint density at radius 1 is 0.493 bits per heavy atom. The van der Waals surface area contributed by atoms with Crippen molar-refractivity contribution in [2.75, 3.05) is 12.5 Å². The number of hydrogen-bond acceptors (Lipinski definition) is 8. The lowest BCUT2D eigenvalue weighted by atomic mass is 9.86. The molecule has 13 heteroatoms. The van der Waals surface area contributed by atoms with Crippen molar-refractivity contribution in [1.29, 1.82) is 0 Å². The fraction of sp³-hybridized carbons (Fsp3) is 0.464. The molecule has 1 unspecified atom stereocenters. The standard InChI is InChI=1S/C19H24N2O2S.C19H24N2OS.C18H21BrN2O/c1-19(2,3)14-10-8-13(9-11-14)16-17(24(4)23)18(22)21-12-6-5-7-15(21)20-16;1-19(2,3)14-10-8-13(9-11-14)16-17(23-4)18(22)21-12-6-5-7-15(21)20-16;1-18(2,3)13-9-7-12(8-10-13)16-15(19)17(22)21-11-5-4-6-14(21)20-16/h8-11H,5-7,12H2,1-4H3;8-11H,5-7,12H2,1-4H3;7-10H,4-6,11H2,1-3H3. The SMILES string of the molecule is CC(C)(C)c1ccc(-c2nc3n(c(=O)c2Br)CCCC3)cc1.CS(=O)c1c(-c2ccc(C(C)(C)C)cc2)nc2n(c1=O)CCCC2.CSc1c(-c2ccc(C(C)(C)C)cc2)nc2n(c1=O)CCCC2. The number of thioether (sulfide) groups is 1. The minimum atomic E-state index is -1.37. The third-order valence-corrected chi connectivity index (χ3v) is 15.7. The molecule has 6 aromatic rings. The Hall–Kier alpha value is -4.72. The van der Waals surface area contributed by atoms with Gasteiger partial charge in [-0.05, 0) is 93.6 Å². The number of aromatic nitrogens is 6. The van der Waals surface area contributed by atoms with Gasteiger partial charge in [0.25, 0.3) is 16.7 Å². The smallest absolute Gasteiger partial charge is 0.270 e. The Balaban J connectivity index is 0.000000153. The predicted molar refractivity (Wildman–Crippen MR) is 289 cm³/mol. The highest BCUT2D eigenvalue weighted by Crippen LogP contribution is 2.32. The largest absolute Gasteiger partial charge is 0.296 e. The van der Waals surface area contributed by atoms with Gasteiger partial charge in [0.1, 0.15) is 26.8 Å². The van der Waals surface area contributed by atoms with E-state index in [1.807, 2.05) is 23.0 Å². The quantitative estimate of drug-likeness (QED) is 0.157. The number of aryl methyl sites for hydroxylation is 3. The van der Waals surface area contributed by atoms with Gasteiger partial charge in [-0.25, -0.2) is 15.0 Å². The van der Waals surface area contributed by atoms with Crippen LogP contribution in [0.5, 0.6) is 0 Å². The molecule has 3 aliphatic heterocycles. The van der Waals surface area contributed by atoms with Crippen molar-refractivity contribution in [3.05, 3.63) is 142 Å². The molecule has 0 fully saturated rings. The first-order chi connectivity index (χ1) is 32.6. The molecule has 0 N–H and O–H groups in total. The molecule has 69 heavy (non-hydrogen) atoms. The van der Waals surface area contributed by atoms with E-state index >= 15 is 0 Å². The Labute approximate surface area is 423 Å². The van der Waals surface area contributed by atoms with E-state index in [2.05, 4.69) is 139 Å². The number of benzene rings is 3. The highest BCUT2D eigenvalue weighted by Gasteiger charge is 2.25. The third kappa shape index (κ3) is 11.7. The summed E-state index contributed by atoms with van der Waals surface area (Å²) >= 11 is 4.96. The maximum atomic E-state index is 12.8. The van der Waals surface area contributed by atoms with Crippen molar-refractivity contribution in [2.24, 2.45) is 0 Å². The van der Waals surface area contributed by atoms with E-state index in [0.29, 0.717) is 21.6 Å². The van der Waals surface area contributed by atoms with E-state index in [1.54, 1.807) is 15.4 Å². The first-order valence-corrected chi connectivity index (χ1v) is 27.9. The van der Waals surface area contributed by atoms with Crippen LogP contribution in [0.4, 0.5) is 0 Å². The number of hydrogen-bond donors (Lipinski definition) is 0. The molecule has 0 bridgehead atoms. The van der Waals surface area contributed by atoms with Gasteiger partial charge in [0, 0.05) is 61.8 Å². The van der Waals surface area contributed by atoms with E-state index in [9.17, 15) is 18.6 Å². The molecule has 10 nitrogen and oxygen atoms in total. The molecule has 3 aliphatic rings. The van der Waals surface area contributed by atoms with Gasteiger partial charge in [-0.15, -0.1) is 11.8 Å². The first-order valence-electron chi connectivity index (χ1n) is 24.3. The van der Waals surface area contributed by atoms with Gasteiger partial charge in [-0.3, -0.25) is 32.3 Å². The molecule has 0 saturated carbocycles. The van der Waals surface area contributed by atoms with Gasteiger partial charge >= 0.3 is 0 Å². The Morgan fingerprint density at radius 2 is 0.826 bits per heavy atom. The lowest BCUT2D eigenvalue weighted by Crippen LogP contribution is -2.31. The summed E-state index contributed by atoms with van der Waals surface area (Å²) in [5, 5.41) is 0. The molecule has 366 valence electrons. The zero-order valence-electron chi connectivity index (χ0n) is 42.4. The Morgan fingerprint density at radius 3 is 1.20 bits per heavy atom. The van der Waals surface area contributed by atoms with E-state index in [-0.39, 0.29) is 32.9 Å². The van der Waals surface area contributed by atoms with Gasteiger partial charge in [0.05, 0.1) is 32.8 Å². The van der Waals surface area contributed by atoms with Crippen molar-refractivity contribution < 1.29 is 4.21 Å². The molecule has 9 rings (SSSR count). The van der Waals surface area contributed by atoms with Crippen LogP contribution in [0.3, 0.4) is 0 Å². The van der Waals surface area contributed by atoms with Crippen LogP contribution in [-0.2, 0) is 65.9 Å². The average Bonchev–Trinajstić information content (AvgIpc) is 3.32. The summed E-state index contributed by atoms with van der Waals surface area (Å²) in [7, 11) is -1.37. The second-order valence-electron chi connectivity index (χ2n) is 21.5. The maximum Gasteiger partial charge on any atom is 0.270 e. The van der Waals surface area contributed by atoms with E-state index in [1.165, 1.54) is 28.5 Å². The minimum Gasteiger partial charge on any atom is -0.296 e. The lowest BCUT2D eigenvalue weighted by Gasteiger charge is -2.21. The molecule has 0 saturated heterocycles. The van der Waals surface area contributed by atoms with Gasteiger partial charge in [0.2, 0.25) is 0 Å². The van der Waals surface area contributed by atoms with Crippen molar-refractivity contribution in [3.8, 4) is 33.8 Å². The summed E-state index contributed by atoms with van der Waals surface area (Å²) in [6, 6.07) is 25.0. The van der Waals surface area contributed by atoms with Crippen molar-refractivity contribution in [1.82, 2.24) is 28.7 Å². The second kappa shape index (κ2) is 21.3. The average molecular weight is 1030 g/mol. The molecular weight excluding hydrogens is 965 g/mol. The highest BCUT2D eigenvalue weighted by molar-refractivity contribution is 9.10. The van der Waals surface area contributed by atoms with Gasteiger partial charge in [-0.2, -0.15) is 0 Å². The normalized spacial score (nSPS) is 15.1. The van der Waals surface area contributed by atoms with E-state index in [0.717, 1.165) is 121 Å². The number of fused-ring (bicyclic) bond motifs is 3. The van der Waals surface area contributed by atoms with E-state index in [4.69, 9.17) is 15.0 Å². The summed E-state index contributed by atoms with van der Waals surface area (Å²) in [6.45, 7) is 22.0. The van der Waals surface area contributed by atoms with Crippen LogP contribution in [0.2, 0.25) is 0 Å². The minimum absolute atomic E-state index is 0.0413. The van der Waals surface area contributed by atoms with Crippen molar-refractivity contribution in [2.45, 2.75) is 166 Å². The van der Waals surface area contributed by atoms with Gasteiger partial charge in [-0.1, -0.05) is 135 Å². The number of rotatable bonds is 5. The highest BCUT2D eigenvalue weighted by atomic mass is 79.9. The van der Waals surface area contributed by atoms with Crippen LogP contribution in [0.1, 0.15) is 135 Å². The Kier molecular flexibility index (Phi) is 16.1. The number of halogens is 1. The number of nitrogens with zero attached hydrogens (tertiary/aromatic N) is 6. The lowest BCUT2D eigenvalue weighted by molar-refractivity contribution is 0.489. The second-order valence-corrected chi connectivity index (χ2v) is 24.4. The van der Waals surface area contributed by atoms with Crippen LogP contribution in [0.15, 0.2) is 101 Å². The summed E-state index contributed by atoms with van der Waals surface area (Å²) in [5.74, 6) is 2.67. The maximum absolute atomic E-state index is 12.8. The fourth-order valence-corrected chi connectivity index (χ4v) is 11.0. The monoisotopic (exact) mass is 1030 g/mol. The van der Waals surface area contributed by atoms with Crippen molar-refractivity contribution in [3.63, 3.8) is 0 Å². The molecule has 6 heterocycles. The van der Waals surface area contributed by atoms with Gasteiger partial charge < -0.3 is 0 Å². The zero-order chi connectivity index (χ0) is 50.0. The van der Waals surface area contributed by atoms with Gasteiger partial charge in [0.15, 0.2) is 0 Å². The predicted octanol–water partition coefficient (Wildman–Crippen LogP) is 11.9. The third-order valence-electron chi connectivity index (χ3n) is 13.3. The van der Waals surface area contributed by atoms with Crippen LogP contribution in [0, 0.1) is 0 Å². The summed E-state index contributed by atoms with van der Waals surface area (Å²) in [4.78, 5) is 53.5. The molecular formula is C56H69BrN6O4S2. The van der Waals surface area contributed by atoms with Crippen molar-refractivity contribution >= 4 is 38.5 Å². The van der Waals surface area contributed by atoms with E-state index < -0.39 is 10.8 Å². The molecule has 3 aromatic heterocycles. The topological polar surface area (TPSA) is 122 Å². The van der Waals surface area contributed by atoms with Crippen LogP contribution >= 0.6 is 27.7 Å².